The van der Waals surface area contributed by atoms with Gasteiger partial charge >= 0.3 is 0 Å². The van der Waals surface area contributed by atoms with Crippen LogP contribution in [0.3, 0.4) is 0 Å². The van der Waals surface area contributed by atoms with Crippen molar-refractivity contribution in [1.82, 2.24) is 9.13 Å². The predicted molar refractivity (Wildman–Crippen MR) is 136 cm³/mol. The second kappa shape index (κ2) is 10.2. The molecule has 0 saturated heterocycles. The van der Waals surface area contributed by atoms with Crippen molar-refractivity contribution in [2.75, 3.05) is 6.61 Å². The summed E-state index contributed by atoms with van der Waals surface area (Å²) in [5.41, 5.74) is 7.14. The molecule has 5 nitrogen and oxygen atoms in total. The highest BCUT2D eigenvalue weighted by atomic mass is 16.3. The Kier molecular flexibility index (Phi) is 7.13. The van der Waals surface area contributed by atoms with Crippen molar-refractivity contribution >= 4 is 16.8 Å². The third kappa shape index (κ3) is 4.90. The molecule has 0 amide bonds. The molecule has 0 fully saturated rings. The number of nitrogens with zero attached hydrogens (tertiary/aromatic N) is 2. The van der Waals surface area contributed by atoms with Gasteiger partial charge in [0.1, 0.15) is 6.61 Å². The van der Waals surface area contributed by atoms with Crippen molar-refractivity contribution in [1.29, 1.82) is 5.41 Å². The lowest BCUT2D eigenvalue weighted by molar-refractivity contribution is -0.122. The average Bonchev–Trinajstić information content (AvgIpc) is 3.14. The number of fused-ring (bicyclic) bond motifs is 1. The van der Waals surface area contributed by atoms with E-state index < -0.39 is 6.61 Å². The molecule has 0 aliphatic carbocycles. The van der Waals surface area contributed by atoms with Crippen molar-refractivity contribution in [3.8, 4) is 0 Å². The van der Waals surface area contributed by atoms with Crippen LogP contribution in [-0.2, 0) is 11.2 Å². The molecule has 1 unspecified atom stereocenters. The third-order valence-corrected chi connectivity index (χ3v) is 6.69. The molecule has 0 radical (unpaired) electrons. The SMILES string of the molecule is Cc1ccc(C[C@@H](CCC(=O)CO)n2c(=N)n(C(C)c3ccc(C)cc3)c3ccccc32)cc1. The summed E-state index contributed by atoms with van der Waals surface area (Å²) in [7, 11) is 0. The summed E-state index contributed by atoms with van der Waals surface area (Å²) >= 11 is 0. The molecule has 3 aromatic carbocycles. The number of aliphatic hydroxyl groups is 1. The fourth-order valence-electron chi connectivity index (χ4n) is 4.70. The minimum Gasteiger partial charge on any atom is -0.389 e. The zero-order valence-electron chi connectivity index (χ0n) is 20.2. The highest BCUT2D eigenvalue weighted by Crippen LogP contribution is 2.28. The summed E-state index contributed by atoms with van der Waals surface area (Å²) in [6.45, 7) is 5.83. The number of para-hydroxylation sites is 2. The number of rotatable bonds is 9. The first kappa shape index (κ1) is 23.7. The van der Waals surface area contributed by atoms with Crippen LogP contribution in [0.25, 0.3) is 11.0 Å². The van der Waals surface area contributed by atoms with Crippen LogP contribution in [-0.4, -0.2) is 26.6 Å². The first-order valence-corrected chi connectivity index (χ1v) is 11.9. The van der Waals surface area contributed by atoms with Crippen LogP contribution >= 0.6 is 0 Å². The quantitative estimate of drug-likeness (QED) is 0.361. The summed E-state index contributed by atoms with van der Waals surface area (Å²) < 4.78 is 4.15. The maximum atomic E-state index is 12.0. The zero-order valence-corrected chi connectivity index (χ0v) is 20.2. The van der Waals surface area contributed by atoms with E-state index in [-0.39, 0.29) is 24.3 Å². The second-order valence-corrected chi connectivity index (χ2v) is 9.22. The largest absolute Gasteiger partial charge is 0.389 e. The minimum atomic E-state index is -0.443. The molecule has 1 aromatic heterocycles. The molecular formula is C29H33N3O2. The molecule has 5 heteroatoms. The van der Waals surface area contributed by atoms with E-state index in [0.717, 1.165) is 16.6 Å². The van der Waals surface area contributed by atoms with E-state index in [4.69, 9.17) is 0 Å². The van der Waals surface area contributed by atoms with Gasteiger partial charge in [-0.15, -0.1) is 0 Å². The first-order chi connectivity index (χ1) is 16.4. The number of aryl methyl sites for hydroxylation is 2. The van der Waals surface area contributed by atoms with Gasteiger partial charge in [0.15, 0.2) is 5.78 Å². The van der Waals surface area contributed by atoms with E-state index in [2.05, 4.69) is 90.6 Å². The predicted octanol–water partition coefficient (Wildman–Crippen LogP) is 5.27. The number of carbonyl (C=O) groups excluding carboxylic acids is 1. The number of benzene rings is 3. The standard InChI is InChI=1S/C29H33N3O2/c1-20-8-12-23(13-9-20)18-25(16-17-26(34)19-33)32-28-7-5-4-6-27(28)31(29(32)30)22(3)24-14-10-21(2)11-15-24/h4-15,22,25,30,33H,16-19H2,1-3H3/t22?,25-/m1/s1. The number of ketones is 1. The van der Waals surface area contributed by atoms with Gasteiger partial charge in [0.05, 0.1) is 17.1 Å². The fraction of sp³-hybridized carbons (Fsp3) is 0.310. The molecule has 0 aliphatic rings. The van der Waals surface area contributed by atoms with Crippen molar-refractivity contribution < 1.29 is 9.90 Å². The van der Waals surface area contributed by atoms with E-state index in [1.54, 1.807) is 0 Å². The van der Waals surface area contributed by atoms with E-state index >= 15 is 0 Å². The summed E-state index contributed by atoms with van der Waals surface area (Å²) in [5.74, 6) is -0.169. The fourth-order valence-corrected chi connectivity index (χ4v) is 4.70. The molecule has 34 heavy (non-hydrogen) atoms. The lowest BCUT2D eigenvalue weighted by atomic mass is 9.99. The van der Waals surface area contributed by atoms with Gasteiger partial charge in [-0.2, -0.15) is 0 Å². The van der Waals surface area contributed by atoms with Crippen LogP contribution in [0.15, 0.2) is 72.8 Å². The van der Waals surface area contributed by atoms with E-state index in [1.165, 1.54) is 16.7 Å². The van der Waals surface area contributed by atoms with Gasteiger partial charge in [0.2, 0.25) is 5.62 Å². The van der Waals surface area contributed by atoms with Gasteiger partial charge in [-0.05, 0) is 56.9 Å². The number of hydrogen-bond donors (Lipinski definition) is 2. The maximum absolute atomic E-state index is 12.0. The Morgan fingerprint density at radius 1 is 0.882 bits per heavy atom. The van der Waals surface area contributed by atoms with E-state index in [9.17, 15) is 15.3 Å². The molecule has 0 spiro atoms. The van der Waals surface area contributed by atoms with Gasteiger partial charge in [-0.1, -0.05) is 71.8 Å². The Hall–Kier alpha value is -3.44. The Bertz CT molecular complexity index is 1330. The van der Waals surface area contributed by atoms with Crippen LogP contribution in [0.5, 0.6) is 0 Å². The summed E-state index contributed by atoms with van der Waals surface area (Å²) in [6, 6.07) is 24.9. The van der Waals surface area contributed by atoms with Gasteiger partial charge < -0.3 is 14.2 Å². The van der Waals surface area contributed by atoms with Gasteiger partial charge in [-0.3, -0.25) is 10.2 Å². The Balaban J connectivity index is 1.82. The summed E-state index contributed by atoms with van der Waals surface area (Å²) in [4.78, 5) is 12.0. The molecule has 0 saturated carbocycles. The Morgan fingerprint density at radius 2 is 1.44 bits per heavy atom. The first-order valence-electron chi connectivity index (χ1n) is 11.9. The molecular weight excluding hydrogens is 422 g/mol. The molecule has 176 valence electrons. The molecule has 4 aromatic rings. The van der Waals surface area contributed by atoms with Gasteiger partial charge in [0, 0.05) is 12.5 Å². The maximum Gasteiger partial charge on any atom is 0.203 e. The lowest BCUT2D eigenvalue weighted by Gasteiger charge is -2.20. The lowest BCUT2D eigenvalue weighted by Crippen LogP contribution is -2.31. The van der Waals surface area contributed by atoms with Gasteiger partial charge in [0.25, 0.3) is 0 Å². The highest BCUT2D eigenvalue weighted by molar-refractivity contribution is 5.79. The number of aromatic nitrogens is 2. The van der Waals surface area contributed by atoms with Crippen LogP contribution < -0.4 is 5.62 Å². The van der Waals surface area contributed by atoms with E-state index in [1.807, 2.05) is 12.1 Å². The monoisotopic (exact) mass is 455 g/mol. The molecule has 1 heterocycles. The van der Waals surface area contributed by atoms with Crippen molar-refractivity contribution in [3.05, 3.63) is 101 Å². The van der Waals surface area contributed by atoms with Crippen LogP contribution in [0.4, 0.5) is 0 Å². The molecule has 0 bridgehead atoms. The van der Waals surface area contributed by atoms with Crippen molar-refractivity contribution in [2.45, 2.75) is 52.1 Å². The molecule has 4 rings (SSSR count). The number of hydrogen-bond acceptors (Lipinski definition) is 3. The molecule has 0 aliphatic heterocycles. The second-order valence-electron chi connectivity index (χ2n) is 9.22. The van der Waals surface area contributed by atoms with E-state index in [0.29, 0.717) is 18.5 Å². The van der Waals surface area contributed by atoms with Crippen LogP contribution in [0.1, 0.15) is 54.1 Å². The molecule has 2 atom stereocenters. The van der Waals surface area contributed by atoms with Gasteiger partial charge in [-0.25, -0.2) is 0 Å². The van der Waals surface area contributed by atoms with Crippen molar-refractivity contribution in [2.24, 2.45) is 0 Å². The highest BCUT2D eigenvalue weighted by Gasteiger charge is 2.22. The van der Waals surface area contributed by atoms with Crippen molar-refractivity contribution in [3.63, 3.8) is 0 Å². The summed E-state index contributed by atoms with van der Waals surface area (Å²) in [6.07, 6.45) is 1.56. The van der Waals surface area contributed by atoms with Crippen LogP contribution in [0.2, 0.25) is 0 Å². The average molecular weight is 456 g/mol. The number of nitrogens with one attached hydrogen (secondary N) is 1. The van der Waals surface area contributed by atoms with Crippen LogP contribution in [0, 0.1) is 19.3 Å². The summed E-state index contributed by atoms with van der Waals surface area (Å²) in [5, 5.41) is 18.5. The number of aliphatic hydroxyl groups excluding tert-OH is 1. The number of Topliss-reactive ketones (excluding diaryl/α,β-unsaturated/α-hetero) is 1. The minimum absolute atomic E-state index is 0.0154. The Morgan fingerprint density at radius 3 is 2.03 bits per heavy atom. The topological polar surface area (TPSA) is 71.0 Å². The normalized spacial score (nSPS) is 13.2. The molecule has 2 N–H and O–H groups in total. The Labute approximate surface area is 200 Å². The number of imidazole rings is 1. The zero-order chi connectivity index (χ0) is 24.2. The number of carbonyl (C=O) groups is 1. The smallest absolute Gasteiger partial charge is 0.203 e. The third-order valence-electron chi connectivity index (χ3n) is 6.69.